The normalized spacial score (nSPS) is 13.1. The third-order valence-electron chi connectivity index (χ3n) is 3.95. The topological polar surface area (TPSA) is 49.4 Å². The minimum Gasteiger partial charge on any atom is -0.350 e. The molecule has 3 rings (SSSR count). The minimum absolute atomic E-state index is 0.0424. The monoisotopic (exact) mass is 294 g/mol. The van der Waals surface area contributed by atoms with E-state index in [-0.39, 0.29) is 11.8 Å². The van der Waals surface area contributed by atoms with Crippen molar-refractivity contribution >= 4 is 11.8 Å². The number of nitrogens with one attached hydrogen (secondary N) is 1. The van der Waals surface area contributed by atoms with Crippen molar-refractivity contribution < 1.29 is 9.59 Å². The highest BCUT2D eigenvalue weighted by molar-refractivity contribution is 5.98. The molecule has 0 saturated carbocycles. The van der Waals surface area contributed by atoms with Gasteiger partial charge in [-0.2, -0.15) is 0 Å². The van der Waals surface area contributed by atoms with Gasteiger partial charge in [0.2, 0.25) is 0 Å². The molecule has 0 spiro atoms. The summed E-state index contributed by atoms with van der Waals surface area (Å²) < 4.78 is 0. The third kappa shape index (κ3) is 2.72. The predicted octanol–water partition coefficient (Wildman–Crippen LogP) is 2.38. The van der Waals surface area contributed by atoms with Crippen LogP contribution in [0.3, 0.4) is 0 Å². The van der Waals surface area contributed by atoms with Crippen molar-refractivity contribution in [2.75, 3.05) is 13.1 Å². The number of rotatable bonds is 4. The molecule has 2 amide bonds. The highest BCUT2D eigenvalue weighted by Gasteiger charge is 2.26. The second-order valence-electron chi connectivity index (χ2n) is 5.45. The third-order valence-corrected chi connectivity index (χ3v) is 3.95. The van der Waals surface area contributed by atoms with Crippen LogP contribution in [0.1, 0.15) is 31.8 Å². The van der Waals surface area contributed by atoms with E-state index in [1.165, 1.54) is 0 Å². The summed E-state index contributed by atoms with van der Waals surface area (Å²) in [7, 11) is 0. The van der Waals surface area contributed by atoms with Gasteiger partial charge in [-0.05, 0) is 30.2 Å². The summed E-state index contributed by atoms with van der Waals surface area (Å²) in [6.07, 6.45) is 0. The fourth-order valence-electron chi connectivity index (χ4n) is 2.72. The molecule has 4 nitrogen and oxygen atoms in total. The first-order valence-corrected chi connectivity index (χ1v) is 7.38. The summed E-state index contributed by atoms with van der Waals surface area (Å²) in [6, 6.07) is 15.1. The average molecular weight is 294 g/mol. The number of amides is 2. The van der Waals surface area contributed by atoms with E-state index in [0.717, 1.165) is 16.7 Å². The zero-order valence-electron chi connectivity index (χ0n) is 12.5. The minimum atomic E-state index is -0.0951. The maximum atomic E-state index is 12.2. The van der Waals surface area contributed by atoms with Crippen LogP contribution < -0.4 is 5.32 Å². The molecule has 2 aromatic rings. The molecule has 2 aromatic carbocycles. The lowest BCUT2D eigenvalue weighted by molar-refractivity contribution is 0.0770. The van der Waals surface area contributed by atoms with Gasteiger partial charge in [0.05, 0.1) is 0 Å². The van der Waals surface area contributed by atoms with Crippen molar-refractivity contribution in [1.29, 1.82) is 0 Å². The quantitative estimate of drug-likeness (QED) is 0.941. The first-order chi connectivity index (χ1) is 10.7. The van der Waals surface area contributed by atoms with E-state index in [4.69, 9.17) is 0 Å². The lowest BCUT2D eigenvalue weighted by Crippen LogP contribution is -2.35. The van der Waals surface area contributed by atoms with Gasteiger partial charge in [0.1, 0.15) is 0 Å². The van der Waals surface area contributed by atoms with E-state index in [1.807, 2.05) is 55.5 Å². The van der Waals surface area contributed by atoms with Crippen LogP contribution in [0.2, 0.25) is 0 Å². The van der Waals surface area contributed by atoms with E-state index >= 15 is 0 Å². The van der Waals surface area contributed by atoms with Gasteiger partial charge in [-0.25, -0.2) is 0 Å². The number of fused-ring (bicyclic) bond motifs is 1. The van der Waals surface area contributed by atoms with Gasteiger partial charge >= 0.3 is 0 Å². The Kier molecular flexibility index (Phi) is 3.92. The summed E-state index contributed by atoms with van der Waals surface area (Å²) in [5, 5.41) is 2.88. The van der Waals surface area contributed by atoms with E-state index in [1.54, 1.807) is 4.90 Å². The van der Waals surface area contributed by atoms with Crippen LogP contribution in [0.5, 0.6) is 0 Å². The van der Waals surface area contributed by atoms with Gasteiger partial charge in [-0.3, -0.25) is 9.59 Å². The molecule has 0 fully saturated rings. The van der Waals surface area contributed by atoms with Crippen molar-refractivity contribution in [3.63, 3.8) is 0 Å². The number of benzene rings is 2. The summed E-state index contributed by atoms with van der Waals surface area (Å²) in [5.74, 6) is -0.0528. The fraction of sp³-hybridized carbons (Fsp3) is 0.222. The number of aryl methyl sites for hydroxylation is 1. The van der Waals surface area contributed by atoms with E-state index in [0.29, 0.717) is 25.2 Å². The molecule has 1 N–H and O–H groups in total. The molecular formula is C18H18N2O2. The molecule has 1 aliphatic heterocycles. The Morgan fingerprint density at radius 3 is 2.64 bits per heavy atom. The SMILES string of the molecule is Cc1ccccc1C(=O)NCCN1Cc2ccccc2C1=O. The Morgan fingerprint density at radius 2 is 1.86 bits per heavy atom. The summed E-state index contributed by atoms with van der Waals surface area (Å²) >= 11 is 0. The number of hydrogen-bond donors (Lipinski definition) is 1. The molecule has 112 valence electrons. The van der Waals surface area contributed by atoms with Gasteiger partial charge in [-0.1, -0.05) is 36.4 Å². The predicted molar refractivity (Wildman–Crippen MR) is 84.7 cm³/mol. The Hall–Kier alpha value is -2.62. The Balaban J connectivity index is 1.56. The maximum Gasteiger partial charge on any atom is 0.254 e. The number of carbonyl (C=O) groups excluding carboxylic acids is 2. The summed E-state index contributed by atoms with van der Waals surface area (Å²) in [6.45, 7) is 3.50. The first-order valence-electron chi connectivity index (χ1n) is 7.38. The van der Waals surface area contributed by atoms with Gasteiger partial charge < -0.3 is 10.2 Å². The maximum absolute atomic E-state index is 12.2. The molecule has 0 saturated heterocycles. The fourth-order valence-corrected chi connectivity index (χ4v) is 2.72. The lowest BCUT2D eigenvalue weighted by atomic mass is 10.1. The highest BCUT2D eigenvalue weighted by Crippen LogP contribution is 2.21. The van der Waals surface area contributed by atoms with E-state index in [2.05, 4.69) is 5.32 Å². The molecule has 0 radical (unpaired) electrons. The Morgan fingerprint density at radius 1 is 1.14 bits per heavy atom. The van der Waals surface area contributed by atoms with Crippen molar-refractivity contribution in [3.8, 4) is 0 Å². The molecule has 0 aromatic heterocycles. The number of hydrogen-bond acceptors (Lipinski definition) is 2. The van der Waals surface area contributed by atoms with Gasteiger partial charge in [0.15, 0.2) is 0 Å². The molecule has 0 atom stereocenters. The standard InChI is InChI=1S/C18H18N2O2/c1-13-6-2-4-8-15(13)17(21)19-10-11-20-12-14-7-3-5-9-16(14)18(20)22/h2-9H,10-12H2,1H3,(H,19,21). The van der Waals surface area contributed by atoms with Crippen molar-refractivity contribution in [2.45, 2.75) is 13.5 Å². The van der Waals surface area contributed by atoms with Crippen LogP contribution in [0, 0.1) is 6.92 Å². The summed E-state index contributed by atoms with van der Waals surface area (Å²) in [4.78, 5) is 26.1. The molecule has 1 heterocycles. The molecule has 0 aliphatic carbocycles. The van der Waals surface area contributed by atoms with Crippen LogP contribution in [-0.2, 0) is 6.54 Å². The van der Waals surface area contributed by atoms with Crippen LogP contribution in [0.15, 0.2) is 48.5 Å². The second-order valence-corrected chi connectivity index (χ2v) is 5.45. The van der Waals surface area contributed by atoms with Gasteiger partial charge in [-0.15, -0.1) is 0 Å². The summed E-state index contributed by atoms with van der Waals surface area (Å²) in [5.41, 5.74) is 3.45. The first kappa shape index (κ1) is 14.3. The Labute approximate surface area is 129 Å². The number of carbonyl (C=O) groups is 2. The van der Waals surface area contributed by atoms with Crippen molar-refractivity contribution in [3.05, 3.63) is 70.8 Å². The van der Waals surface area contributed by atoms with E-state index < -0.39 is 0 Å². The second kappa shape index (κ2) is 6.02. The Bertz CT molecular complexity index is 725. The molecule has 0 unspecified atom stereocenters. The molecule has 1 aliphatic rings. The molecule has 22 heavy (non-hydrogen) atoms. The highest BCUT2D eigenvalue weighted by atomic mass is 16.2. The van der Waals surface area contributed by atoms with Crippen LogP contribution in [0.4, 0.5) is 0 Å². The zero-order chi connectivity index (χ0) is 15.5. The number of nitrogens with zero attached hydrogens (tertiary/aromatic N) is 1. The van der Waals surface area contributed by atoms with Crippen molar-refractivity contribution in [2.24, 2.45) is 0 Å². The lowest BCUT2D eigenvalue weighted by Gasteiger charge is -2.16. The molecule has 4 heteroatoms. The molecule has 0 bridgehead atoms. The van der Waals surface area contributed by atoms with Crippen LogP contribution >= 0.6 is 0 Å². The van der Waals surface area contributed by atoms with E-state index in [9.17, 15) is 9.59 Å². The zero-order valence-corrected chi connectivity index (χ0v) is 12.5. The van der Waals surface area contributed by atoms with Crippen LogP contribution in [0.25, 0.3) is 0 Å². The average Bonchev–Trinajstić information content (AvgIpc) is 2.84. The van der Waals surface area contributed by atoms with Gasteiger partial charge in [0, 0.05) is 30.8 Å². The van der Waals surface area contributed by atoms with Crippen molar-refractivity contribution in [1.82, 2.24) is 10.2 Å². The molecular weight excluding hydrogens is 276 g/mol. The van der Waals surface area contributed by atoms with Gasteiger partial charge in [0.25, 0.3) is 11.8 Å². The van der Waals surface area contributed by atoms with Crippen LogP contribution in [-0.4, -0.2) is 29.8 Å². The smallest absolute Gasteiger partial charge is 0.254 e. The largest absolute Gasteiger partial charge is 0.350 e.